The van der Waals surface area contributed by atoms with Gasteiger partial charge in [0.25, 0.3) is 0 Å². The maximum atomic E-state index is 4.60. The molecule has 2 aromatic rings. The second-order valence-electron chi connectivity index (χ2n) is 6.33. The quantitative estimate of drug-likeness (QED) is 0.936. The molecule has 3 rings (SSSR count). The summed E-state index contributed by atoms with van der Waals surface area (Å²) in [7, 11) is 2.13. The summed E-state index contributed by atoms with van der Waals surface area (Å²) < 4.78 is 0. The highest BCUT2D eigenvalue weighted by molar-refractivity contribution is 5.56. The van der Waals surface area contributed by atoms with E-state index in [0.717, 1.165) is 37.7 Å². The van der Waals surface area contributed by atoms with Gasteiger partial charge in [0.05, 0.1) is 6.20 Å². The van der Waals surface area contributed by atoms with Gasteiger partial charge in [-0.05, 0) is 30.7 Å². The zero-order valence-electron chi connectivity index (χ0n) is 14.0. The molecule has 1 N–H and O–H groups in total. The number of hydrogen-bond acceptors (Lipinski definition) is 6. The Balaban J connectivity index is 1.70. The van der Waals surface area contributed by atoms with Crippen molar-refractivity contribution in [3.05, 3.63) is 36.0 Å². The van der Waals surface area contributed by atoms with Crippen LogP contribution in [0.3, 0.4) is 0 Å². The Morgan fingerprint density at radius 2 is 1.74 bits per heavy atom. The van der Waals surface area contributed by atoms with Gasteiger partial charge in [0, 0.05) is 31.9 Å². The van der Waals surface area contributed by atoms with Crippen LogP contribution in [-0.4, -0.2) is 53.3 Å². The van der Waals surface area contributed by atoms with Crippen molar-refractivity contribution in [3.8, 4) is 0 Å². The molecule has 6 nitrogen and oxygen atoms in total. The van der Waals surface area contributed by atoms with Gasteiger partial charge in [0.1, 0.15) is 0 Å². The normalized spacial score (nSPS) is 15.9. The van der Waals surface area contributed by atoms with Crippen LogP contribution in [0, 0.1) is 0 Å². The van der Waals surface area contributed by atoms with E-state index in [9.17, 15) is 0 Å². The average molecular weight is 312 g/mol. The molecular formula is C17H24N6. The molecule has 0 atom stereocenters. The summed E-state index contributed by atoms with van der Waals surface area (Å²) in [5.41, 5.74) is 2.34. The first kappa shape index (κ1) is 15.7. The van der Waals surface area contributed by atoms with Crippen molar-refractivity contribution < 1.29 is 0 Å². The van der Waals surface area contributed by atoms with Gasteiger partial charge in [0.2, 0.25) is 5.95 Å². The van der Waals surface area contributed by atoms with E-state index in [2.05, 4.69) is 75.5 Å². The molecule has 0 radical (unpaired) electrons. The van der Waals surface area contributed by atoms with Crippen LogP contribution in [0.2, 0.25) is 0 Å². The lowest BCUT2D eigenvalue weighted by atomic mass is 10.0. The van der Waals surface area contributed by atoms with Crippen LogP contribution in [0.1, 0.15) is 25.3 Å². The first-order valence-electron chi connectivity index (χ1n) is 8.12. The van der Waals surface area contributed by atoms with Gasteiger partial charge in [-0.25, -0.2) is 0 Å². The predicted octanol–water partition coefficient (Wildman–Crippen LogP) is 2.49. The van der Waals surface area contributed by atoms with Crippen LogP contribution in [0.5, 0.6) is 0 Å². The van der Waals surface area contributed by atoms with Gasteiger partial charge in [-0.15, -0.1) is 5.10 Å². The molecule has 0 unspecified atom stereocenters. The third-order valence-corrected chi connectivity index (χ3v) is 4.18. The molecule has 1 aliphatic heterocycles. The molecule has 0 amide bonds. The van der Waals surface area contributed by atoms with Gasteiger partial charge in [0.15, 0.2) is 5.82 Å². The molecule has 1 aromatic carbocycles. The Bertz CT molecular complexity index is 632. The SMILES string of the molecule is CC(C)c1ccc(Nc2cnnc(N3CCN(C)CC3)n2)cc1. The third-order valence-electron chi connectivity index (χ3n) is 4.18. The second kappa shape index (κ2) is 6.91. The fraction of sp³-hybridized carbons (Fsp3) is 0.471. The van der Waals surface area contributed by atoms with E-state index in [1.807, 2.05) is 0 Å². The summed E-state index contributed by atoms with van der Waals surface area (Å²) >= 11 is 0. The molecule has 0 saturated carbocycles. The molecule has 1 aromatic heterocycles. The summed E-state index contributed by atoms with van der Waals surface area (Å²) in [6.45, 7) is 8.31. The van der Waals surface area contributed by atoms with Gasteiger partial charge < -0.3 is 15.1 Å². The van der Waals surface area contributed by atoms with Crippen LogP contribution in [0.25, 0.3) is 0 Å². The van der Waals surface area contributed by atoms with E-state index >= 15 is 0 Å². The minimum Gasteiger partial charge on any atom is -0.339 e. The third kappa shape index (κ3) is 3.96. The predicted molar refractivity (Wildman–Crippen MR) is 93.4 cm³/mol. The fourth-order valence-corrected chi connectivity index (χ4v) is 2.59. The Morgan fingerprint density at radius 1 is 1.04 bits per heavy atom. The molecule has 0 bridgehead atoms. The van der Waals surface area contributed by atoms with Crippen molar-refractivity contribution in [2.24, 2.45) is 0 Å². The van der Waals surface area contributed by atoms with Crippen molar-refractivity contribution in [2.75, 3.05) is 43.4 Å². The smallest absolute Gasteiger partial charge is 0.247 e. The zero-order valence-corrected chi connectivity index (χ0v) is 14.0. The summed E-state index contributed by atoms with van der Waals surface area (Å²) in [5.74, 6) is 1.96. The van der Waals surface area contributed by atoms with Gasteiger partial charge in [-0.2, -0.15) is 10.1 Å². The highest BCUT2D eigenvalue weighted by atomic mass is 15.4. The zero-order chi connectivity index (χ0) is 16.2. The largest absolute Gasteiger partial charge is 0.339 e. The van der Waals surface area contributed by atoms with Crippen molar-refractivity contribution >= 4 is 17.5 Å². The molecule has 23 heavy (non-hydrogen) atoms. The minimum atomic E-state index is 0.536. The van der Waals surface area contributed by atoms with Gasteiger partial charge in [-0.1, -0.05) is 26.0 Å². The molecule has 122 valence electrons. The Labute approximate surface area is 137 Å². The summed E-state index contributed by atoms with van der Waals surface area (Å²) in [6.07, 6.45) is 1.66. The van der Waals surface area contributed by atoms with Crippen LogP contribution >= 0.6 is 0 Å². The molecule has 1 aliphatic rings. The van der Waals surface area contributed by atoms with Crippen LogP contribution in [0.4, 0.5) is 17.5 Å². The highest BCUT2D eigenvalue weighted by Crippen LogP contribution is 2.20. The number of nitrogens with zero attached hydrogens (tertiary/aromatic N) is 5. The number of piperazine rings is 1. The van der Waals surface area contributed by atoms with Gasteiger partial charge in [-0.3, -0.25) is 0 Å². The van der Waals surface area contributed by atoms with E-state index in [0.29, 0.717) is 11.9 Å². The van der Waals surface area contributed by atoms with E-state index in [1.54, 1.807) is 6.20 Å². The standard InChI is InChI=1S/C17H24N6/c1-13(2)14-4-6-15(7-5-14)19-16-12-18-21-17(20-16)23-10-8-22(3)9-11-23/h4-7,12-13H,8-11H2,1-3H3,(H,19,20,21). The van der Waals surface area contributed by atoms with E-state index < -0.39 is 0 Å². The van der Waals surface area contributed by atoms with Crippen LogP contribution in [-0.2, 0) is 0 Å². The lowest BCUT2D eigenvalue weighted by Gasteiger charge is -2.32. The molecule has 6 heteroatoms. The summed E-state index contributed by atoms with van der Waals surface area (Å²) in [5, 5.41) is 11.6. The number of aromatic nitrogens is 3. The van der Waals surface area contributed by atoms with E-state index in [1.165, 1.54) is 5.56 Å². The molecule has 1 fully saturated rings. The number of nitrogens with one attached hydrogen (secondary N) is 1. The molecule has 2 heterocycles. The molecule has 0 aliphatic carbocycles. The molecule has 1 saturated heterocycles. The first-order chi connectivity index (χ1) is 11.1. The highest BCUT2D eigenvalue weighted by Gasteiger charge is 2.17. The summed E-state index contributed by atoms with van der Waals surface area (Å²) in [6, 6.07) is 8.44. The van der Waals surface area contributed by atoms with E-state index in [-0.39, 0.29) is 0 Å². The minimum absolute atomic E-state index is 0.536. The van der Waals surface area contributed by atoms with Crippen LogP contribution < -0.4 is 10.2 Å². The number of anilines is 3. The van der Waals surface area contributed by atoms with Crippen molar-refractivity contribution in [2.45, 2.75) is 19.8 Å². The van der Waals surface area contributed by atoms with Crippen LogP contribution in [0.15, 0.2) is 30.5 Å². The van der Waals surface area contributed by atoms with Crippen molar-refractivity contribution in [1.29, 1.82) is 0 Å². The number of rotatable bonds is 4. The monoisotopic (exact) mass is 312 g/mol. The summed E-state index contributed by atoms with van der Waals surface area (Å²) in [4.78, 5) is 9.09. The topological polar surface area (TPSA) is 57.2 Å². The Morgan fingerprint density at radius 3 is 2.39 bits per heavy atom. The number of hydrogen-bond donors (Lipinski definition) is 1. The second-order valence-corrected chi connectivity index (χ2v) is 6.33. The fourth-order valence-electron chi connectivity index (χ4n) is 2.59. The maximum absolute atomic E-state index is 4.60. The maximum Gasteiger partial charge on any atom is 0.247 e. The van der Waals surface area contributed by atoms with Crippen molar-refractivity contribution in [1.82, 2.24) is 20.1 Å². The average Bonchev–Trinajstić information content (AvgIpc) is 2.56. The van der Waals surface area contributed by atoms with E-state index in [4.69, 9.17) is 0 Å². The lowest BCUT2D eigenvalue weighted by Crippen LogP contribution is -2.45. The lowest BCUT2D eigenvalue weighted by molar-refractivity contribution is 0.311. The number of benzene rings is 1. The van der Waals surface area contributed by atoms with Gasteiger partial charge >= 0.3 is 0 Å². The molecular weight excluding hydrogens is 288 g/mol. The number of likely N-dealkylation sites (N-methyl/N-ethyl adjacent to an activating group) is 1. The first-order valence-corrected chi connectivity index (χ1v) is 8.12. The Hall–Kier alpha value is -2.21. The molecule has 0 spiro atoms. The van der Waals surface area contributed by atoms with Crippen molar-refractivity contribution in [3.63, 3.8) is 0 Å². The Kier molecular flexibility index (Phi) is 4.71.